The quantitative estimate of drug-likeness (QED) is 0.808. The Morgan fingerprint density at radius 2 is 1.83 bits per heavy atom. The van der Waals surface area contributed by atoms with Crippen LogP contribution in [-0.2, 0) is 9.47 Å². The minimum absolute atomic E-state index is 0.0103. The van der Waals surface area contributed by atoms with Crippen LogP contribution in [0.15, 0.2) is 54.6 Å². The van der Waals surface area contributed by atoms with E-state index in [2.05, 4.69) is 0 Å². The van der Waals surface area contributed by atoms with Gasteiger partial charge in [-0.1, -0.05) is 42.5 Å². The number of rotatable bonds is 4. The van der Waals surface area contributed by atoms with Gasteiger partial charge in [-0.2, -0.15) is 0 Å². The summed E-state index contributed by atoms with van der Waals surface area (Å²) >= 11 is 0. The van der Waals surface area contributed by atoms with Crippen LogP contribution in [0, 0.1) is 5.92 Å². The van der Waals surface area contributed by atoms with Crippen molar-refractivity contribution < 1.29 is 19.0 Å². The zero-order chi connectivity index (χ0) is 16.5. The molecule has 2 aliphatic heterocycles. The number of hydrogen-bond acceptors (Lipinski definition) is 4. The first-order valence-electron chi connectivity index (χ1n) is 8.28. The average Bonchev–Trinajstić information content (AvgIpc) is 3.23. The molecule has 2 saturated heterocycles. The fourth-order valence-electron chi connectivity index (χ4n) is 3.76. The monoisotopic (exact) mass is 324 g/mol. The first-order valence-corrected chi connectivity index (χ1v) is 8.28. The smallest absolute Gasteiger partial charge is 0.192 e. The Kier molecular flexibility index (Phi) is 4.08. The summed E-state index contributed by atoms with van der Waals surface area (Å²) in [4.78, 5) is 13.0. The number of carbonyl (C=O) groups excluding carboxylic acids is 1. The predicted octanol–water partition coefficient (Wildman–Crippen LogP) is 3.42. The van der Waals surface area contributed by atoms with Gasteiger partial charge in [-0.05, 0) is 24.1 Å². The average molecular weight is 324 g/mol. The molecular formula is C20H20O4. The van der Waals surface area contributed by atoms with Crippen LogP contribution < -0.4 is 4.74 Å². The summed E-state index contributed by atoms with van der Waals surface area (Å²) in [6.07, 6.45) is 0.130. The summed E-state index contributed by atoms with van der Waals surface area (Å²) < 4.78 is 17.0. The third kappa shape index (κ3) is 2.62. The third-order valence-electron chi connectivity index (χ3n) is 4.97. The van der Waals surface area contributed by atoms with Gasteiger partial charge in [0.2, 0.25) is 0 Å². The summed E-state index contributed by atoms with van der Waals surface area (Å²) in [5, 5.41) is 0. The Balaban J connectivity index is 1.68. The molecule has 2 heterocycles. The van der Waals surface area contributed by atoms with Crippen molar-refractivity contribution in [1.29, 1.82) is 0 Å². The zero-order valence-corrected chi connectivity index (χ0v) is 13.6. The Bertz CT molecular complexity index is 710. The molecule has 2 unspecified atom stereocenters. The Hall–Kier alpha value is -2.17. The lowest BCUT2D eigenvalue weighted by Crippen LogP contribution is -2.28. The van der Waals surface area contributed by atoms with Crippen LogP contribution in [0.5, 0.6) is 5.75 Å². The number of hydrogen-bond donors (Lipinski definition) is 0. The van der Waals surface area contributed by atoms with E-state index in [4.69, 9.17) is 14.2 Å². The zero-order valence-electron chi connectivity index (χ0n) is 13.6. The number of Topliss-reactive ketones (excluding diaryl/α,β-unsaturated/α-hetero) is 1. The fraction of sp³-hybridized carbons (Fsp3) is 0.350. The molecule has 0 amide bonds. The van der Waals surface area contributed by atoms with E-state index in [9.17, 15) is 4.79 Å². The van der Waals surface area contributed by atoms with Crippen molar-refractivity contribution in [2.75, 3.05) is 13.7 Å². The highest BCUT2D eigenvalue weighted by atomic mass is 16.7. The van der Waals surface area contributed by atoms with Crippen LogP contribution in [0.4, 0.5) is 0 Å². The number of ether oxygens (including phenoxy) is 3. The first-order chi connectivity index (χ1) is 11.8. The van der Waals surface area contributed by atoms with E-state index in [0.29, 0.717) is 12.2 Å². The van der Waals surface area contributed by atoms with Crippen LogP contribution in [0.2, 0.25) is 0 Å². The fourth-order valence-corrected chi connectivity index (χ4v) is 3.76. The standard InChI is InChI=1S/C20H20O4/c1-22-15-9-7-13(8-10-15)17-16-11-12-23-20(16)24-19(17)18(21)14-5-3-2-4-6-14/h2-10,16-17,19-20H,11-12H2,1H3/t16?,17-,19+,20?/m0/s1. The maximum Gasteiger partial charge on any atom is 0.192 e. The van der Waals surface area contributed by atoms with E-state index in [1.54, 1.807) is 7.11 Å². The predicted molar refractivity (Wildman–Crippen MR) is 89.2 cm³/mol. The van der Waals surface area contributed by atoms with E-state index >= 15 is 0 Å². The lowest BCUT2D eigenvalue weighted by Gasteiger charge is -2.21. The Morgan fingerprint density at radius 3 is 2.54 bits per heavy atom. The second-order valence-corrected chi connectivity index (χ2v) is 6.28. The van der Waals surface area contributed by atoms with Crippen LogP contribution in [0.25, 0.3) is 0 Å². The highest BCUT2D eigenvalue weighted by Gasteiger charge is 2.51. The van der Waals surface area contributed by atoms with Crippen molar-refractivity contribution in [3.8, 4) is 5.75 Å². The molecule has 2 aliphatic rings. The van der Waals surface area contributed by atoms with Crippen molar-refractivity contribution in [2.45, 2.75) is 24.7 Å². The molecule has 0 aromatic heterocycles. The molecule has 4 heteroatoms. The van der Waals surface area contributed by atoms with Crippen molar-refractivity contribution in [3.63, 3.8) is 0 Å². The van der Waals surface area contributed by atoms with Gasteiger partial charge in [-0.25, -0.2) is 0 Å². The minimum Gasteiger partial charge on any atom is -0.497 e. The van der Waals surface area contributed by atoms with Gasteiger partial charge in [-0.15, -0.1) is 0 Å². The van der Waals surface area contributed by atoms with Gasteiger partial charge >= 0.3 is 0 Å². The molecule has 24 heavy (non-hydrogen) atoms. The molecule has 124 valence electrons. The second kappa shape index (κ2) is 6.38. The number of methoxy groups -OCH3 is 1. The van der Waals surface area contributed by atoms with Gasteiger partial charge in [0, 0.05) is 17.4 Å². The van der Waals surface area contributed by atoms with Gasteiger partial charge in [0.1, 0.15) is 11.9 Å². The molecule has 4 nitrogen and oxygen atoms in total. The van der Waals surface area contributed by atoms with Crippen molar-refractivity contribution in [2.24, 2.45) is 5.92 Å². The first kappa shape index (κ1) is 15.4. The van der Waals surface area contributed by atoms with Crippen LogP contribution in [0.3, 0.4) is 0 Å². The van der Waals surface area contributed by atoms with Crippen LogP contribution in [0.1, 0.15) is 28.3 Å². The van der Waals surface area contributed by atoms with E-state index in [0.717, 1.165) is 17.7 Å². The van der Waals surface area contributed by atoms with Crippen molar-refractivity contribution in [3.05, 3.63) is 65.7 Å². The SMILES string of the molecule is COc1ccc([C@H]2C3CCOC3O[C@H]2C(=O)c2ccccc2)cc1. The molecule has 2 aromatic rings. The summed E-state index contributed by atoms with van der Waals surface area (Å²) in [5.41, 5.74) is 1.78. The molecular weight excluding hydrogens is 304 g/mol. The molecule has 0 radical (unpaired) electrons. The summed E-state index contributed by atoms with van der Waals surface area (Å²) in [5.74, 6) is 1.06. The highest BCUT2D eigenvalue weighted by molar-refractivity contribution is 6.00. The number of benzene rings is 2. The lowest BCUT2D eigenvalue weighted by atomic mass is 9.80. The molecule has 0 saturated carbocycles. The Labute approximate surface area is 141 Å². The van der Waals surface area contributed by atoms with E-state index in [1.807, 2.05) is 54.6 Å². The topological polar surface area (TPSA) is 44.8 Å². The normalized spacial score (nSPS) is 28.5. The molecule has 0 spiro atoms. The number of fused-ring (bicyclic) bond motifs is 1. The third-order valence-corrected chi connectivity index (χ3v) is 4.97. The molecule has 2 fully saturated rings. The molecule has 4 atom stereocenters. The largest absolute Gasteiger partial charge is 0.497 e. The molecule has 2 aromatic carbocycles. The van der Waals surface area contributed by atoms with E-state index in [1.165, 1.54) is 0 Å². The van der Waals surface area contributed by atoms with Gasteiger partial charge in [0.05, 0.1) is 13.7 Å². The summed E-state index contributed by atoms with van der Waals surface area (Å²) in [7, 11) is 1.65. The minimum atomic E-state index is -0.504. The number of ketones is 1. The van der Waals surface area contributed by atoms with Crippen molar-refractivity contribution in [1.82, 2.24) is 0 Å². The Morgan fingerprint density at radius 1 is 1.08 bits per heavy atom. The van der Waals surface area contributed by atoms with Gasteiger partial charge < -0.3 is 14.2 Å². The van der Waals surface area contributed by atoms with E-state index in [-0.39, 0.29) is 23.9 Å². The van der Waals surface area contributed by atoms with Crippen LogP contribution in [-0.4, -0.2) is 31.9 Å². The summed E-state index contributed by atoms with van der Waals surface area (Å²) in [6, 6.07) is 17.3. The highest BCUT2D eigenvalue weighted by Crippen LogP contribution is 2.46. The lowest BCUT2D eigenvalue weighted by molar-refractivity contribution is -0.107. The molecule has 0 bridgehead atoms. The maximum absolute atomic E-state index is 13.0. The van der Waals surface area contributed by atoms with Gasteiger partial charge in [-0.3, -0.25) is 4.79 Å². The number of carbonyl (C=O) groups is 1. The molecule has 0 aliphatic carbocycles. The molecule has 0 N–H and O–H groups in total. The van der Waals surface area contributed by atoms with Gasteiger partial charge in [0.25, 0.3) is 0 Å². The van der Waals surface area contributed by atoms with Crippen LogP contribution >= 0.6 is 0 Å². The maximum atomic E-state index is 13.0. The van der Waals surface area contributed by atoms with Crippen molar-refractivity contribution >= 4 is 5.78 Å². The molecule has 4 rings (SSSR count). The van der Waals surface area contributed by atoms with Gasteiger partial charge in [0.15, 0.2) is 12.1 Å². The summed E-state index contributed by atoms with van der Waals surface area (Å²) in [6.45, 7) is 0.689. The van der Waals surface area contributed by atoms with E-state index < -0.39 is 6.10 Å². The second-order valence-electron chi connectivity index (χ2n) is 6.28.